The molecule has 0 aliphatic carbocycles. The number of hydrogen-bond donors (Lipinski definition) is 1. The predicted molar refractivity (Wildman–Crippen MR) is 60.5 cm³/mol. The molecule has 0 aliphatic rings. The van der Waals surface area contributed by atoms with Gasteiger partial charge in [-0.1, -0.05) is 18.2 Å². The van der Waals surface area contributed by atoms with E-state index in [2.05, 4.69) is 5.10 Å². The molecule has 3 nitrogen and oxygen atoms in total. The highest BCUT2D eigenvalue weighted by Gasteiger charge is 2.18. The molecule has 16 heavy (non-hydrogen) atoms. The molecule has 2 N–H and O–H groups in total. The van der Waals surface area contributed by atoms with E-state index in [1.807, 2.05) is 19.2 Å². The van der Waals surface area contributed by atoms with Gasteiger partial charge in [-0.25, -0.2) is 4.39 Å². The van der Waals surface area contributed by atoms with Gasteiger partial charge in [-0.2, -0.15) is 5.10 Å². The summed E-state index contributed by atoms with van der Waals surface area (Å²) in [5.41, 5.74) is 7.27. The van der Waals surface area contributed by atoms with Crippen molar-refractivity contribution in [3.8, 4) is 0 Å². The second-order valence-electron chi connectivity index (χ2n) is 3.69. The van der Waals surface area contributed by atoms with Crippen molar-refractivity contribution in [2.45, 2.75) is 5.92 Å². The van der Waals surface area contributed by atoms with Gasteiger partial charge in [-0.05, 0) is 17.7 Å². The topological polar surface area (TPSA) is 43.8 Å². The van der Waals surface area contributed by atoms with Gasteiger partial charge in [0.25, 0.3) is 0 Å². The largest absolute Gasteiger partial charge is 0.329 e. The van der Waals surface area contributed by atoms with Gasteiger partial charge in [0.05, 0.1) is 0 Å². The Morgan fingerprint density at radius 1 is 1.38 bits per heavy atom. The fourth-order valence-electron chi connectivity index (χ4n) is 1.89. The minimum Gasteiger partial charge on any atom is -0.329 e. The van der Waals surface area contributed by atoms with Gasteiger partial charge in [-0.15, -0.1) is 0 Å². The fraction of sp³-hybridized carbons (Fsp3) is 0.250. The molecule has 0 amide bonds. The summed E-state index contributed by atoms with van der Waals surface area (Å²) in [6.45, 7) is 0.362. The molecule has 84 valence electrons. The summed E-state index contributed by atoms with van der Waals surface area (Å²) in [5.74, 6) is -0.368. The zero-order chi connectivity index (χ0) is 11.5. The van der Waals surface area contributed by atoms with Crippen LogP contribution in [0.5, 0.6) is 0 Å². The standard InChI is InChI=1S/C12H14FN3/c1-16-12(6-7-15-16)10(8-14)9-4-2-3-5-11(9)13/h2-7,10H,8,14H2,1H3. The van der Waals surface area contributed by atoms with E-state index >= 15 is 0 Å². The van der Waals surface area contributed by atoms with Crippen LogP contribution in [0.2, 0.25) is 0 Å². The highest BCUT2D eigenvalue weighted by atomic mass is 19.1. The zero-order valence-electron chi connectivity index (χ0n) is 9.10. The van der Waals surface area contributed by atoms with E-state index in [9.17, 15) is 4.39 Å². The number of nitrogens with two attached hydrogens (primary N) is 1. The van der Waals surface area contributed by atoms with Crippen LogP contribution in [0.4, 0.5) is 4.39 Å². The molecule has 0 saturated carbocycles. The molecule has 0 radical (unpaired) electrons. The van der Waals surface area contributed by atoms with Crippen molar-refractivity contribution in [3.63, 3.8) is 0 Å². The van der Waals surface area contributed by atoms with E-state index < -0.39 is 0 Å². The molecule has 2 rings (SSSR count). The van der Waals surface area contributed by atoms with Crippen molar-refractivity contribution >= 4 is 0 Å². The van der Waals surface area contributed by atoms with E-state index in [1.54, 1.807) is 23.0 Å². The van der Waals surface area contributed by atoms with Crippen molar-refractivity contribution in [3.05, 3.63) is 53.6 Å². The van der Waals surface area contributed by atoms with E-state index in [0.29, 0.717) is 12.1 Å². The maximum Gasteiger partial charge on any atom is 0.127 e. The van der Waals surface area contributed by atoms with Gasteiger partial charge in [0.15, 0.2) is 0 Å². The van der Waals surface area contributed by atoms with Gasteiger partial charge in [0.2, 0.25) is 0 Å². The SMILES string of the molecule is Cn1nccc1C(CN)c1ccccc1F. The van der Waals surface area contributed by atoms with Crippen molar-refractivity contribution in [1.82, 2.24) is 9.78 Å². The number of nitrogens with zero attached hydrogens (tertiary/aromatic N) is 2. The number of aryl methyl sites for hydroxylation is 1. The first-order valence-electron chi connectivity index (χ1n) is 5.16. The Balaban J connectivity index is 2.45. The maximum atomic E-state index is 13.7. The highest BCUT2D eigenvalue weighted by molar-refractivity contribution is 5.30. The number of benzene rings is 1. The van der Waals surface area contributed by atoms with Crippen LogP contribution in [-0.2, 0) is 7.05 Å². The average Bonchev–Trinajstić information content (AvgIpc) is 2.69. The van der Waals surface area contributed by atoms with Crippen LogP contribution in [0.3, 0.4) is 0 Å². The van der Waals surface area contributed by atoms with Crippen molar-refractivity contribution in [1.29, 1.82) is 0 Å². The number of halogens is 1. The van der Waals surface area contributed by atoms with E-state index in [-0.39, 0.29) is 11.7 Å². The molecule has 0 aliphatic heterocycles. The second-order valence-corrected chi connectivity index (χ2v) is 3.69. The molecule has 1 unspecified atom stereocenters. The third kappa shape index (κ3) is 1.84. The molecule has 0 saturated heterocycles. The molecule has 0 fully saturated rings. The van der Waals surface area contributed by atoms with Crippen LogP contribution in [-0.4, -0.2) is 16.3 Å². The third-order valence-corrected chi connectivity index (χ3v) is 2.73. The summed E-state index contributed by atoms with van der Waals surface area (Å²) in [4.78, 5) is 0. The van der Waals surface area contributed by atoms with Crippen molar-refractivity contribution in [2.75, 3.05) is 6.54 Å². The quantitative estimate of drug-likeness (QED) is 0.853. The molecule has 0 spiro atoms. The number of aromatic nitrogens is 2. The molecule has 1 heterocycles. The number of hydrogen-bond acceptors (Lipinski definition) is 2. The Morgan fingerprint density at radius 3 is 2.69 bits per heavy atom. The van der Waals surface area contributed by atoms with Crippen LogP contribution in [0.15, 0.2) is 36.5 Å². The molecule has 2 aromatic rings. The van der Waals surface area contributed by atoms with Gasteiger partial charge < -0.3 is 5.73 Å². The molecular weight excluding hydrogens is 205 g/mol. The minimum atomic E-state index is -0.223. The van der Waals surface area contributed by atoms with Gasteiger partial charge >= 0.3 is 0 Å². The zero-order valence-corrected chi connectivity index (χ0v) is 9.10. The van der Waals surface area contributed by atoms with Crippen LogP contribution in [0.1, 0.15) is 17.2 Å². The molecular formula is C12H14FN3. The average molecular weight is 219 g/mol. The Hall–Kier alpha value is -1.68. The van der Waals surface area contributed by atoms with Crippen molar-refractivity contribution in [2.24, 2.45) is 12.8 Å². The molecule has 0 bridgehead atoms. The Bertz CT molecular complexity index is 479. The normalized spacial score (nSPS) is 12.7. The first kappa shape index (κ1) is 10.8. The summed E-state index contributed by atoms with van der Waals surface area (Å²) in [7, 11) is 1.83. The Morgan fingerprint density at radius 2 is 2.12 bits per heavy atom. The lowest BCUT2D eigenvalue weighted by Gasteiger charge is -2.16. The summed E-state index contributed by atoms with van der Waals surface area (Å²) >= 11 is 0. The van der Waals surface area contributed by atoms with Crippen molar-refractivity contribution < 1.29 is 4.39 Å². The molecule has 1 atom stereocenters. The first-order chi connectivity index (χ1) is 7.74. The van der Waals surface area contributed by atoms with Gasteiger partial charge in [-0.3, -0.25) is 4.68 Å². The lowest BCUT2D eigenvalue weighted by Crippen LogP contribution is -2.18. The lowest BCUT2D eigenvalue weighted by atomic mass is 9.95. The lowest BCUT2D eigenvalue weighted by molar-refractivity contribution is 0.583. The van der Waals surface area contributed by atoms with Crippen LogP contribution >= 0.6 is 0 Å². The monoisotopic (exact) mass is 219 g/mol. The summed E-state index contributed by atoms with van der Waals surface area (Å²) < 4.78 is 15.4. The first-order valence-corrected chi connectivity index (χ1v) is 5.16. The van der Waals surface area contributed by atoms with Gasteiger partial charge in [0.1, 0.15) is 5.82 Å². The molecule has 4 heteroatoms. The molecule has 1 aromatic carbocycles. The van der Waals surface area contributed by atoms with Crippen LogP contribution < -0.4 is 5.73 Å². The fourth-order valence-corrected chi connectivity index (χ4v) is 1.89. The molecule has 1 aromatic heterocycles. The number of rotatable bonds is 3. The van der Waals surface area contributed by atoms with E-state index in [0.717, 1.165) is 5.69 Å². The predicted octanol–water partition coefficient (Wildman–Crippen LogP) is 1.65. The Labute approximate surface area is 93.7 Å². The second kappa shape index (κ2) is 4.45. The Kier molecular flexibility index (Phi) is 3.01. The van der Waals surface area contributed by atoms with E-state index in [4.69, 9.17) is 5.73 Å². The third-order valence-electron chi connectivity index (χ3n) is 2.73. The summed E-state index contributed by atoms with van der Waals surface area (Å²) in [6, 6.07) is 8.57. The highest BCUT2D eigenvalue weighted by Crippen LogP contribution is 2.24. The van der Waals surface area contributed by atoms with Gasteiger partial charge in [0, 0.05) is 31.4 Å². The van der Waals surface area contributed by atoms with Crippen LogP contribution in [0.25, 0.3) is 0 Å². The van der Waals surface area contributed by atoms with Crippen LogP contribution in [0, 0.1) is 5.82 Å². The van der Waals surface area contributed by atoms with E-state index in [1.165, 1.54) is 6.07 Å². The minimum absolute atomic E-state index is 0.145. The summed E-state index contributed by atoms with van der Waals surface area (Å²) in [6.07, 6.45) is 1.69. The summed E-state index contributed by atoms with van der Waals surface area (Å²) in [5, 5.41) is 4.08. The smallest absolute Gasteiger partial charge is 0.127 e. The maximum absolute atomic E-state index is 13.7.